The molecule has 116 valence electrons. The number of aliphatic carboxylic acids is 1. The lowest BCUT2D eigenvalue weighted by Crippen LogP contribution is -2.48. The Kier molecular flexibility index (Phi) is 5.84. The number of carboxylic acids is 1. The number of hydrogen-bond donors (Lipinski definition) is 2. The molecule has 3 unspecified atom stereocenters. The van der Waals surface area contributed by atoms with Crippen LogP contribution in [0.4, 0.5) is 4.79 Å². The molecule has 0 heterocycles. The Morgan fingerprint density at radius 2 is 2.00 bits per heavy atom. The van der Waals surface area contributed by atoms with E-state index >= 15 is 0 Å². The van der Waals surface area contributed by atoms with Gasteiger partial charge in [-0.1, -0.05) is 26.2 Å². The zero-order valence-electron chi connectivity index (χ0n) is 12.9. The summed E-state index contributed by atoms with van der Waals surface area (Å²) in [6.07, 6.45) is 4.32. The number of carbonyl (C=O) groups is 2. The van der Waals surface area contributed by atoms with Crippen molar-refractivity contribution in [3.8, 4) is 0 Å². The minimum absolute atomic E-state index is 0.00119. The maximum absolute atomic E-state index is 11.8. The van der Waals surface area contributed by atoms with Crippen LogP contribution >= 0.6 is 0 Å². The monoisotopic (exact) mass is 285 g/mol. The van der Waals surface area contributed by atoms with Gasteiger partial charge in [-0.2, -0.15) is 0 Å². The Hall–Kier alpha value is -1.26. The van der Waals surface area contributed by atoms with Gasteiger partial charge in [0.15, 0.2) is 0 Å². The first-order chi connectivity index (χ1) is 9.23. The van der Waals surface area contributed by atoms with Crippen LogP contribution in [0.15, 0.2) is 0 Å². The maximum atomic E-state index is 11.8. The summed E-state index contributed by atoms with van der Waals surface area (Å²) in [4.78, 5) is 23.2. The molecule has 1 rings (SSSR count). The van der Waals surface area contributed by atoms with E-state index in [-0.39, 0.29) is 5.92 Å². The van der Waals surface area contributed by atoms with Gasteiger partial charge in [0.1, 0.15) is 11.6 Å². The first-order valence-corrected chi connectivity index (χ1v) is 7.45. The summed E-state index contributed by atoms with van der Waals surface area (Å²) in [5, 5.41) is 11.9. The zero-order chi connectivity index (χ0) is 15.3. The number of amides is 1. The van der Waals surface area contributed by atoms with Crippen LogP contribution in [0.1, 0.15) is 59.8 Å². The predicted octanol–water partition coefficient (Wildman–Crippen LogP) is 3.18. The van der Waals surface area contributed by atoms with Crippen LogP contribution in [0, 0.1) is 11.8 Å². The molecule has 0 bridgehead atoms. The van der Waals surface area contributed by atoms with Crippen molar-refractivity contribution in [2.24, 2.45) is 11.8 Å². The normalized spacial score (nSPS) is 24.8. The smallest absolute Gasteiger partial charge is 0.408 e. The molecule has 3 atom stereocenters. The highest BCUT2D eigenvalue weighted by Crippen LogP contribution is 2.33. The van der Waals surface area contributed by atoms with Crippen molar-refractivity contribution < 1.29 is 19.4 Å². The van der Waals surface area contributed by atoms with Crippen molar-refractivity contribution >= 4 is 12.1 Å². The molecule has 0 saturated heterocycles. The molecule has 0 aromatic carbocycles. The molecular weight excluding hydrogens is 258 g/mol. The molecule has 0 aliphatic heterocycles. The summed E-state index contributed by atoms with van der Waals surface area (Å²) in [5.74, 6) is -0.410. The van der Waals surface area contributed by atoms with Gasteiger partial charge in [-0.25, -0.2) is 9.59 Å². The predicted molar refractivity (Wildman–Crippen MR) is 76.5 cm³/mol. The van der Waals surface area contributed by atoms with Crippen molar-refractivity contribution in [1.29, 1.82) is 0 Å². The van der Waals surface area contributed by atoms with Crippen molar-refractivity contribution in [3.05, 3.63) is 0 Å². The number of hydrogen-bond acceptors (Lipinski definition) is 3. The molecule has 1 fully saturated rings. The fourth-order valence-corrected chi connectivity index (χ4v) is 2.82. The molecule has 5 heteroatoms. The lowest BCUT2D eigenvalue weighted by molar-refractivity contribution is -0.141. The topological polar surface area (TPSA) is 75.6 Å². The van der Waals surface area contributed by atoms with Gasteiger partial charge in [-0.3, -0.25) is 0 Å². The first kappa shape index (κ1) is 16.8. The van der Waals surface area contributed by atoms with E-state index < -0.39 is 23.7 Å². The van der Waals surface area contributed by atoms with Gasteiger partial charge in [0.25, 0.3) is 0 Å². The van der Waals surface area contributed by atoms with Gasteiger partial charge in [-0.15, -0.1) is 0 Å². The number of rotatable bonds is 4. The third kappa shape index (κ3) is 5.39. The van der Waals surface area contributed by atoms with Gasteiger partial charge >= 0.3 is 12.1 Å². The molecule has 0 aromatic rings. The van der Waals surface area contributed by atoms with Gasteiger partial charge in [0, 0.05) is 0 Å². The summed E-state index contributed by atoms with van der Waals surface area (Å²) in [7, 11) is 0. The van der Waals surface area contributed by atoms with Crippen molar-refractivity contribution in [2.45, 2.75) is 71.4 Å². The van der Waals surface area contributed by atoms with E-state index in [9.17, 15) is 14.7 Å². The van der Waals surface area contributed by atoms with Crippen LogP contribution in [-0.2, 0) is 9.53 Å². The lowest BCUT2D eigenvalue weighted by Gasteiger charge is -2.33. The maximum Gasteiger partial charge on any atom is 0.408 e. The Bertz CT molecular complexity index is 348. The van der Waals surface area contributed by atoms with E-state index in [0.29, 0.717) is 5.92 Å². The van der Waals surface area contributed by atoms with E-state index in [0.717, 1.165) is 32.1 Å². The second-order valence-corrected chi connectivity index (χ2v) is 6.66. The summed E-state index contributed by atoms with van der Waals surface area (Å²) in [6.45, 7) is 7.41. The standard InChI is InChI=1S/C15H27NO4/c1-5-10-7-6-8-11(9-10)12(13(17)18)16-14(19)20-15(2,3)4/h10-12H,5-9H2,1-4H3,(H,16,19)(H,17,18). The third-order valence-corrected chi connectivity index (χ3v) is 3.81. The minimum atomic E-state index is -0.974. The summed E-state index contributed by atoms with van der Waals surface area (Å²) < 4.78 is 5.15. The Labute approximate surface area is 121 Å². The molecule has 1 aliphatic carbocycles. The number of carboxylic acid groups (broad SMARTS) is 1. The molecule has 0 spiro atoms. The van der Waals surface area contributed by atoms with Crippen molar-refractivity contribution in [1.82, 2.24) is 5.32 Å². The number of ether oxygens (including phenoxy) is 1. The molecule has 0 aromatic heterocycles. The van der Waals surface area contributed by atoms with Gasteiger partial charge in [0.2, 0.25) is 0 Å². The molecule has 0 radical (unpaired) electrons. The highest BCUT2D eigenvalue weighted by atomic mass is 16.6. The van der Waals surface area contributed by atoms with E-state index in [1.54, 1.807) is 20.8 Å². The van der Waals surface area contributed by atoms with Gasteiger partial charge in [0.05, 0.1) is 0 Å². The van der Waals surface area contributed by atoms with Crippen LogP contribution in [0.5, 0.6) is 0 Å². The average molecular weight is 285 g/mol. The molecular formula is C15H27NO4. The Balaban J connectivity index is 2.64. The van der Waals surface area contributed by atoms with E-state index in [4.69, 9.17) is 4.74 Å². The average Bonchev–Trinajstić information content (AvgIpc) is 2.33. The molecule has 1 aliphatic rings. The number of nitrogens with one attached hydrogen (secondary N) is 1. The van der Waals surface area contributed by atoms with Crippen LogP contribution in [0.2, 0.25) is 0 Å². The zero-order valence-corrected chi connectivity index (χ0v) is 12.9. The molecule has 20 heavy (non-hydrogen) atoms. The number of alkyl carbamates (subject to hydrolysis) is 1. The van der Waals surface area contributed by atoms with E-state index in [1.165, 1.54) is 0 Å². The highest BCUT2D eigenvalue weighted by Gasteiger charge is 2.34. The fourth-order valence-electron chi connectivity index (χ4n) is 2.82. The number of carbonyl (C=O) groups excluding carboxylic acids is 1. The first-order valence-electron chi connectivity index (χ1n) is 7.45. The van der Waals surface area contributed by atoms with Gasteiger partial charge < -0.3 is 15.2 Å². The van der Waals surface area contributed by atoms with Crippen LogP contribution in [0.25, 0.3) is 0 Å². The highest BCUT2D eigenvalue weighted by molar-refractivity contribution is 5.80. The SMILES string of the molecule is CCC1CCCC(C(NC(=O)OC(C)(C)C)C(=O)O)C1. The molecule has 2 N–H and O–H groups in total. The Morgan fingerprint density at radius 1 is 1.35 bits per heavy atom. The van der Waals surface area contributed by atoms with Crippen LogP contribution in [-0.4, -0.2) is 28.8 Å². The van der Waals surface area contributed by atoms with Crippen LogP contribution in [0.3, 0.4) is 0 Å². The Morgan fingerprint density at radius 3 is 2.50 bits per heavy atom. The summed E-state index contributed by atoms with van der Waals surface area (Å²) in [6, 6.07) is -0.848. The van der Waals surface area contributed by atoms with Crippen molar-refractivity contribution in [2.75, 3.05) is 0 Å². The van der Waals surface area contributed by atoms with Crippen LogP contribution < -0.4 is 5.32 Å². The third-order valence-electron chi connectivity index (χ3n) is 3.81. The quantitative estimate of drug-likeness (QED) is 0.831. The fraction of sp³-hybridized carbons (Fsp3) is 0.867. The van der Waals surface area contributed by atoms with E-state index in [1.807, 2.05) is 0 Å². The summed E-state index contributed by atoms with van der Waals surface area (Å²) >= 11 is 0. The summed E-state index contributed by atoms with van der Waals surface area (Å²) in [5.41, 5.74) is -0.619. The van der Waals surface area contributed by atoms with Gasteiger partial charge in [-0.05, 0) is 45.4 Å². The molecule has 1 saturated carbocycles. The molecule has 1 amide bonds. The largest absolute Gasteiger partial charge is 0.480 e. The van der Waals surface area contributed by atoms with E-state index in [2.05, 4.69) is 12.2 Å². The lowest BCUT2D eigenvalue weighted by atomic mass is 9.77. The molecule has 5 nitrogen and oxygen atoms in total. The minimum Gasteiger partial charge on any atom is -0.480 e. The van der Waals surface area contributed by atoms with Crippen molar-refractivity contribution in [3.63, 3.8) is 0 Å². The second-order valence-electron chi connectivity index (χ2n) is 6.66. The second kappa shape index (κ2) is 6.95.